The Balaban J connectivity index is 5.01. The van der Waals surface area contributed by atoms with E-state index in [0.717, 1.165) is 0 Å². The average Bonchev–Trinajstić information content (AvgIpc) is 1.95. The third-order valence-corrected chi connectivity index (χ3v) is 5.30. The van der Waals surface area contributed by atoms with Crippen LogP contribution >= 0.6 is 0 Å². The van der Waals surface area contributed by atoms with Gasteiger partial charge in [0.15, 0.2) is 0 Å². The molecule has 0 saturated heterocycles. The minimum absolute atomic E-state index is 0.0601. The number of nitrogens with one attached hydrogen (secondary N) is 2. The summed E-state index contributed by atoms with van der Waals surface area (Å²) in [7, 11) is -0.903. The normalized spacial score (nSPS) is 14.5. The number of hydrogen-bond acceptors (Lipinski definition) is 4. The van der Waals surface area contributed by atoms with Crippen molar-refractivity contribution in [1.29, 1.82) is 0 Å². The van der Waals surface area contributed by atoms with Crippen molar-refractivity contribution in [2.45, 2.75) is 72.6 Å². The second kappa shape index (κ2) is 5.80. The fraction of sp³-hybridized carbons (Fsp3) is 1.00. The van der Waals surface area contributed by atoms with Crippen LogP contribution < -0.4 is 9.96 Å². The molecule has 0 aliphatic carbocycles. The standard InChI is InChI=1S/C12H30N2O2Si/c1-10(2)16-17(15-9,13-11(3,4)5)14-12(6,7)8/h10,13-14H,1-9H3. The first-order valence-corrected chi connectivity index (χ1v) is 8.02. The van der Waals surface area contributed by atoms with Gasteiger partial charge in [0.1, 0.15) is 0 Å². The van der Waals surface area contributed by atoms with Crippen molar-refractivity contribution >= 4 is 8.88 Å². The highest BCUT2D eigenvalue weighted by molar-refractivity contribution is 6.62. The summed E-state index contributed by atoms with van der Waals surface area (Å²) < 4.78 is 11.7. The van der Waals surface area contributed by atoms with Gasteiger partial charge in [0.25, 0.3) is 0 Å². The van der Waals surface area contributed by atoms with Gasteiger partial charge in [-0.25, -0.2) is 0 Å². The van der Waals surface area contributed by atoms with Crippen LogP contribution in [-0.4, -0.2) is 33.2 Å². The predicted molar refractivity (Wildman–Crippen MR) is 74.8 cm³/mol. The highest BCUT2D eigenvalue weighted by Gasteiger charge is 2.45. The first-order valence-electron chi connectivity index (χ1n) is 6.21. The largest absolute Gasteiger partial charge is 0.517 e. The van der Waals surface area contributed by atoms with E-state index in [1.54, 1.807) is 7.11 Å². The van der Waals surface area contributed by atoms with E-state index in [1.807, 2.05) is 13.8 Å². The van der Waals surface area contributed by atoms with Gasteiger partial charge < -0.3 is 8.85 Å². The first-order chi connectivity index (χ1) is 7.39. The van der Waals surface area contributed by atoms with E-state index in [9.17, 15) is 0 Å². The zero-order chi connectivity index (χ0) is 13.9. The lowest BCUT2D eigenvalue weighted by Gasteiger charge is -2.40. The van der Waals surface area contributed by atoms with Crippen molar-refractivity contribution < 1.29 is 8.85 Å². The number of hydrogen-bond donors (Lipinski definition) is 2. The lowest BCUT2D eigenvalue weighted by atomic mass is 10.1. The SMILES string of the molecule is CO[Si](NC(C)(C)C)(NC(C)(C)C)OC(C)C. The van der Waals surface area contributed by atoms with Crippen molar-refractivity contribution in [2.24, 2.45) is 0 Å². The molecule has 17 heavy (non-hydrogen) atoms. The molecule has 104 valence electrons. The van der Waals surface area contributed by atoms with E-state index in [-0.39, 0.29) is 17.2 Å². The second-order valence-electron chi connectivity index (χ2n) is 6.74. The summed E-state index contributed by atoms with van der Waals surface area (Å²) in [6, 6.07) is 0. The molecule has 0 amide bonds. The van der Waals surface area contributed by atoms with E-state index in [4.69, 9.17) is 8.85 Å². The van der Waals surface area contributed by atoms with Gasteiger partial charge in [0.05, 0.1) is 0 Å². The van der Waals surface area contributed by atoms with Gasteiger partial charge in [-0.05, 0) is 55.4 Å². The summed E-state index contributed by atoms with van der Waals surface area (Å²) in [6.07, 6.45) is 0.117. The van der Waals surface area contributed by atoms with Crippen LogP contribution in [0.4, 0.5) is 0 Å². The minimum Gasteiger partial charge on any atom is -0.374 e. The Morgan fingerprint density at radius 2 is 1.24 bits per heavy atom. The van der Waals surface area contributed by atoms with Crippen LogP contribution in [0.1, 0.15) is 55.4 Å². The molecule has 0 radical (unpaired) electrons. The minimum atomic E-state index is -2.60. The second-order valence-corrected chi connectivity index (χ2v) is 9.11. The smallest absolute Gasteiger partial charge is 0.374 e. The highest BCUT2D eigenvalue weighted by atomic mass is 28.4. The van der Waals surface area contributed by atoms with Crippen LogP contribution in [0.3, 0.4) is 0 Å². The predicted octanol–water partition coefficient (Wildman–Crippen LogP) is 2.27. The fourth-order valence-corrected chi connectivity index (χ4v) is 4.68. The van der Waals surface area contributed by atoms with Crippen molar-refractivity contribution in [3.63, 3.8) is 0 Å². The summed E-state index contributed by atoms with van der Waals surface area (Å²) >= 11 is 0. The molecule has 0 atom stereocenters. The molecule has 5 heteroatoms. The zero-order valence-corrected chi connectivity index (χ0v) is 13.9. The van der Waals surface area contributed by atoms with Gasteiger partial charge in [0, 0.05) is 24.3 Å². The van der Waals surface area contributed by atoms with E-state index in [1.165, 1.54) is 0 Å². The molecule has 0 unspecified atom stereocenters. The summed E-state index contributed by atoms with van der Waals surface area (Å²) in [6.45, 7) is 16.7. The van der Waals surface area contributed by atoms with Gasteiger partial charge in [0.2, 0.25) is 0 Å². The lowest BCUT2D eigenvalue weighted by molar-refractivity contribution is 0.116. The molecule has 2 N–H and O–H groups in total. The van der Waals surface area contributed by atoms with Crippen molar-refractivity contribution in [3.8, 4) is 0 Å². The molecule has 0 aromatic rings. The number of rotatable bonds is 5. The quantitative estimate of drug-likeness (QED) is 0.746. The fourth-order valence-electron chi connectivity index (χ4n) is 1.56. The molecule has 0 aromatic heterocycles. The molecule has 0 aromatic carbocycles. The molecule has 0 aliphatic rings. The van der Waals surface area contributed by atoms with Crippen LogP contribution in [0.5, 0.6) is 0 Å². The van der Waals surface area contributed by atoms with Crippen molar-refractivity contribution in [2.75, 3.05) is 7.11 Å². The van der Waals surface area contributed by atoms with Gasteiger partial charge in [-0.1, -0.05) is 0 Å². The maximum Gasteiger partial charge on any atom is 0.517 e. The Kier molecular flexibility index (Phi) is 5.82. The molecule has 0 rings (SSSR count). The molecule has 0 spiro atoms. The van der Waals surface area contributed by atoms with Gasteiger partial charge in [-0.15, -0.1) is 0 Å². The summed E-state index contributed by atoms with van der Waals surface area (Å²) in [5.74, 6) is 0. The zero-order valence-electron chi connectivity index (χ0n) is 12.9. The Bertz CT molecular complexity index is 216. The van der Waals surface area contributed by atoms with E-state index < -0.39 is 8.88 Å². The van der Waals surface area contributed by atoms with Crippen LogP contribution in [0.15, 0.2) is 0 Å². The summed E-state index contributed by atoms with van der Waals surface area (Å²) in [5.41, 5.74) is -0.120. The molecule has 0 saturated carbocycles. The summed E-state index contributed by atoms with van der Waals surface area (Å²) in [5, 5.41) is 0. The van der Waals surface area contributed by atoms with E-state index >= 15 is 0 Å². The molecule has 0 fully saturated rings. The average molecular weight is 262 g/mol. The Labute approximate surface area is 108 Å². The Morgan fingerprint density at radius 3 is 1.41 bits per heavy atom. The van der Waals surface area contributed by atoms with Crippen LogP contribution in [0.25, 0.3) is 0 Å². The lowest BCUT2D eigenvalue weighted by Crippen LogP contribution is -2.74. The molecular formula is C12H30N2O2Si. The monoisotopic (exact) mass is 262 g/mol. The third kappa shape index (κ3) is 7.89. The van der Waals surface area contributed by atoms with Gasteiger partial charge >= 0.3 is 8.88 Å². The van der Waals surface area contributed by atoms with Crippen LogP contribution in [0, 0.1) is 0 Å². The maximum absolute atomic E-state index is 6.03. The van der Waals surface area contributed by atoms with Crippen molar-refractivity contribution in [1.82, 2.24) is 9.96 Å². The van der Waals surface area contributed by atoms with Crippen LogP contribution in [-0.2, 0) is 8.85 Å². The van der Waals surface area contributed by atoms with Crippen molar-refractivity contribution in [3.05, 3.63) is 0 Å². The van der Waals surface area contributed by atoms with Gasteiger partial charge in [-0.3, -0.25) is 9.96 Å². The van der Waals surface area contributed by atoms with E-state index in [0.29, 0.717) is 0 Å². The van der Waals surface area contributed by atoms with Gasteiger partial charge in [-0.2, -0.15) is 0 Å². The highest BCUT2D eigenvalue weighted by Crippen LogP contribution is 2.14. The maximum atomic E-state index is 6.03. The van der Waals surface area contributed by atoms with E-state index in [2.05, 4.69) is 51.5 Å². The first kappa shape index (κ1) is 17.1. The Morgan fingerprint density at radius 1 is 0.882 bits per heavy atom. The molecule has 0 bridgehead atoms. The molecule has 4 nitrogen and oxygen atoms in total. The summed E-state index contributed by atoms with van der Waals surface area (Å²) in [4.78, 5) is 6.98. The van der Waals surface area contributed by atoms with Crippen LogP contribution in [0.2, 0.25) is 0 Å². The Hall–Kier alpha value is 0.0569. The molecule has 0 aliphatic heterocycles. The third-order valence-electron chi connectivity index (χ3n) is 1.77. The topological polar surface area (TPSA) is 42.5 Å². The molecular weight excluding hydrogens is 232 g/mol. The molecule has 0 heterocycles.